The van der Waals surface area contributed by atoms with Gasteiger partial charge in [-0.1, -0.05) is 115 Å². The Kier molecular flexibility index (Phi) is 14.0. The number of esters is 2. The van der Waals surface area contributed by atoms with Crippen molar-refractivity contribution in [2.75, 3.05) is 27.7 Å². The van der Waals surface area contributed by atoms with Crippen molar-refractivity contribution >= 4 is 35.7 Å². The van der Waals surface area contributed by atoms with Gasteiger partial charge in [0, 0.05) is 57.6 Å². The summed E-state index contributed by atoms with van der Waals surface area (Å²) in [6, 6.07) is 32.2. The Morgan fingerprint density at radius 2 is 1.47 bits per heavy atom. The van der Waals surface area contributed by atoms with Crippen molar-refractivity contribution in [3.05, 3.63) is 149 Å². The Morgan fingerprint density at radius 1 is 0.868 bits per heavy atom. The van der Waals surface area contributed by atoms with Crippen molar-refractivity contribution < 1.29 is 52.9 Å². The third-order valence-corrected chi connectivity index (χ3v) is 13.1. The number of aliphatic hydroxyl groups is 1. The van der Waals surface area contributed by atoms with Gasteiger partial charge in [0.15, 0.2) is 6.04 Å². The molecule has 8 rings (SSSR count). The second-order valence-electron chi connectivity index (χ2n) is 19.1. The molecule has 15 nitrogen and oxygen atoms in total. The third kappa shape index (κ3) is 9.58. The topological polar surface area (TPSA) is 173 Å². The number of hydrogen-bond acceptors (Lipinski definition) is 12. The number of nitrogens with zero attached hydrogens (tertiary/aromatic N) is 3. The lowest BCUT2D eigenvalue weighted by Crippen LogP contribution is -2.70. The predicted molar refractivity (Wildman–Crippen MR) is 250 cm³/mol. The van der Waals surface area contributed by atoms with E-state index >= 15 is 4.79 Å². The SMILES string of the molecule is CN(C)C(=O)C=Cc1ccccc1CN1OC2C3OC(c4ccccc4)(c4ccccc4)OC3C3CC2(C(=O)N(C)C(Cc2ccccc2)C(=O)NC(CO)CCC(=O)OC(C)(C)C)C1C(=O)O3. The maximum Gasteiger partial charge on any atom is 0.327 e. The average Bonchev–Trinajstić information content (AvgIpc) is 3.91. The van der Waals surface area contributed by atoms with Crippen molar-refractivity contribution in [1.82, 2.24) is 20.2 Å². The summed E-state index contributed by atoms with van der Waals surface area (Å²) in [6.07, 6.45) is -0.732. The smallest absolute Gasteiger partial charge is 0.327 e. The lowest BCUT2D eigenvalue weighted by atomic mass is 9.62. The number of carbonyl (C=O) groups excluding carboxylic acids is 5. The van der Waals surface area contributed by atoms with E-state index < -0.39 is 89.7 Å². The van der Waals surface area contributed by atoms with Gasteiger partial charge < -0.3 is 39.2 Å². The Morgan fingerprint density at radius 3 is 2.09 bits per heavy atom. The molecule has 1 aliphatic carbocycles. The van der Waals surface area contributed by atoms with E-state index in [4.69, 9.17) is 23.8 Å². The number of carbonyl (C=O) groups is 5. The van der Waals surface area contributed by atoms with E-state index in [-0.39, 0.29) is 38.1 Å². The van der Waals surface area contributed by atoms with Crippen LogP contribution in [-0.4, -0.2) is 126 Å². The van der Waals surface area contributed by atoms with Gasteiger partial charge in [-0.2, -0.15) is 5.06 Å². The highest BCUT2D eigenvalue weighted by Crippen LogP contribution is 2.60. The van der Waals surface area contributed by atoms with Crippen LogP contribution in [0.3, 0.4) is 0 Å². The number of ether oxygens (including phenoxy) is 4. The lowest BCUT2D eigenvalue weighted by Gasteiger charge is -2.50. The first-order valence-electron chi connectivity index (χ1n) is 23.1. The molecule has 3 heterocycles. The molecule has 0 spiro atoms. The van der Waals surface area contributed by atoms with Crippen LogP contribution in [0.15, 0.2) is 121 Å². The molecule has 68 heavy (non-hydrogen) atoms. The van der Waals surface area contributed by atoms with Gasteiger partial charge in [-0.05, 0) is 50.0 Å². The summed E-state index contributed by atoms with van der Waals surface area (Å²) in [7, 11) is 4.85. The van der Waals surface area contributed by atoms with Crippen LogP contribution < -0.4 is 5.32 Å². The first kappa shape index (κ1) is 48.2. The summed E-state index contributed by atoms with van der Waals surface area (Å²) in [5.74, 6) is -4.01. The largest absolute Gasteiger partial charge is 0.460 e. The van der Waals surface area contributed by atoms with E-state index in [0.717, 1.165) is 5.56 Å². The fourth-order valence-electron chi connectivity index (χ4n) is 9.89. The van der Waals surface area contributed by atoms with Gasteiger partial charge in [-0.25, -0.2) is 0 Å². The Balaban J connectivity index is 1.19. The van der Waals surface area contributed by atoms with Gasteiger partial charge in [-0.15, -0.1) is 0 Å². The molecule has 4 aromatic carbocycles. The second kappa shape index (κ2) is 19.8. The van der Waals surface area contributed by atoms with E-state index in [1.54, 1.807) is 40.9 Å². The van der Waals surface area contributed by atoms with E-state index in [9.17, 15) is 24.3 Å². The van der Waals surface area contributed by atoms with Crippen LogP contribution >= 0.6 is 0 Å². The highest BCUT2D eigenvalue weighted by Gasteiger charge is 2.77. The Hall–Kier alpha value is -6.23. The van der Waals surface area contributed by atoms with Gasteiger partial charge in [0.05, 0.1) is 19.2 Å². The zero-order chi connectivity index (χ0) is 48.4. The van der Waals surface area contributed by atoms with Crippen molar-refractivity contribution in [2.24, 2.45) is 5.41 Å². The van der Waals surface area contributed by atoms with Gasteiger partial charge in [0.25, 0.3) is 0 Å². The van der Waals surface area contributed by atoms with E-state index in [1.807, 2.05) is 115 Å². The van der Waals surface area contributed by atoms with Crippen LogP contribution in [0.5, 0.6) is 0 Å². The van der Waals surface area contributed by atoms with E-state index in [0.29, 0.717) is 22.3 Å². The molecule has 3 aliphatic heterocycles. The van der Waals surface area contributed by atoms with Crippen LogP contribution in [0.4, 0.5) is 0 Å². The molecule has 2 N–H and O–H groups in total. The van der Waals surface area contributed by atoms with Crippen LogP contribution in [-0.2, 0) is 66.5 Å². The Labute approximate surface area is 396 Å². The molecule has 1 saturated carbocycles. The van der Waals surface area contributed by atoms with Crippen LogP contribution in [0.2, 0.25) is 0 Å². The van der Waals surface area contributed by atoms with E-state index in [2.05, 4.69) is 5.32 Å². The number of fused-ring (bicyclic) bond motifs is 4. The molecular formula is C53H60N4O11. The number of hydroxylamine groups is 2. The number of amides is 3. The van der Waals surface area contributed by atoms with Gasteiger partial charge >= 0.3 is 11.9 Å². The first-order valence-corrected chi connectivity index (χ1v) is 23.1. The van der Waals surface area contributed by atoms with Crippen LogP contribution in [0, 0.1) is 5.41 Å². The molecule has 15 heteroatoms. The van der Waals surface area contributed by atoms with Gasteiger partial charge in [-0.3, -0.25) is 28.8 Å². The zero-order valence-electron chi connectivity index (χ0n) is 39.3. The summed E-state index contributed by atoms with van der Waals surface area (Å²) in [5, 5.41) is 14.8. The first-order chi connectivity index (χ1) is 32.5. The fraction of sp³-hybridized carbons (Fsp3) is 0.415. The Bertz CT molecular complexity index is 2460. The highest BCUT2D eigenvalue weighted by molar-refractivity contribution is 5.96. The summed E-state index contributed by atoms with van der Waals surface area (Å²) in [5.41, 5.74) is 1.11. The molecule has 2 bridgehead atoms. The molecule has 8 atom stereocenters. The summed E-state index contributed by atoms with van der Waals surface area (Å²) < 4.78 is 26.0. The molecule has 0 radical (unpaired) electrons. The molecule has 4 fully saturated rings. The molecule has 4 aromatic rings. The fourth-order valence-corrected chi connectivity index (χ4v) is 9.89. The van der Waals surface area contributed by atoms with Crippen LogP contribution in [0.1, 0.15) is 67.9 Å². The summed E-state index contributed by atoms with van der Waals surface area (Å²) in [4.78, 5) is 80.7. The molecule has 3 saturated heterocycles. The molecule has 8 unspecified atom stereocenters. The molecule has 358 valence electrons. The van der Waals surface area contributed by atoms with Gasteiger partial charge in [0.2, 0.25) is 23.5 Å². The van der Waals surface area contributed by atoms with Crippen molar-refractivity contribution in [3.63, 3.8) is 0 Å². The highest BCUT2D eigenvalue weighted by atomic mass is 16.8. The normalized spacial score (nSPS) is 24.6. The molecule has 0 aromatic heterocycles. The van der Waals surface area contributed by atoms with Crippen LogP contribution in [0.25, 0.3) is 6.08 Å². The number of likely N-dealkylation sites (N-methyl/N-ethyl adjacent to an activating group) is 2. The standard InChI is InChI=1S/C53H60N4O11/c1-51(2,3)65-43(60)29-27-39(33-58)54-48(61)40(30-34-18-10-7-11-19-34)56(6)50(63)52-31-41-44-45(67-53(66-44,37-22-12-8-13-23-37)38-24-14-9-15-25-38)47(52)68-57(46(52)49(62)64-41)32-36-21-17-16-20-35(36)26-28-42(59)55(4)5/h7-26,28,39-41,44-47,58H,27,29-33H2,1-6H3,(H,54,61). The van der Waals surface area contributed by atoms with Crippen molar-refractivity contribution in [3.8, 4) is 0 Å². The zero-order valence-corrected chi connectivity index (χ0v) is 39.3. The summed E-state index contributed by atoms with van der Waals surface area (Å²) >= 11 is 0. The van der Waals surface area contributed by atoms with Crippen molar-refractivity contribution in [2.45, 2.75) is 107 Å². The second-order valence-corrected chi connectivity index (χ2v) is 19.1. The van der Waals surface area contributed by atoms with Gasteiger partial charge in [0.1, 0.15) is 41.5 Å². The monoisotopic (exact) mass is 928 g/mol. The molecular weight excluding hydrogens is 869 g/mol. The number of benzene rings is 4. The maximum atomic E-state index is 16.0. The number of nitrogens with one attached hydrogen (secondary N) is 1. The third-order valence-electron chi connectivity index (χ3n) is 13.1. The van der Waals surface area contributed by atoms with Crippen molar-refractivity contribution in [1.29, 1.82) is 0 Å². The lowest BCUT2D eigenvalue weighted by molar-refractivity contribution is -0.214. The minimum Gasteiger partial charge on any atom is -0.460 e. The maximum absolute atomic E-state index is 16.0. The minimum atomic E-state index is -1.68. The molecule has 3 amide bonds. The number of aliphatic hydroxyl groups excluding tert-OH is 1. The summed E-state index contributed by atoms with van der Waals surface area (Å²) in [6.45, 7) is 4.81. The minimum absolute atomic E-state index is 0.000854. The number of hydrogen-bond donors (Lipinski definition) is 2. The average molecular weight is 929 g/mol. The van der Waals surface area contributed by atoms with E-state index in [1.165, 1.54) is 28.0 Å². The molecule has 4 aliphatic rings. The quantitative estimate of drug-likeness (QED) is 0.115. The predicted octanol–water partition coefficient (Wildman–Crippen LogP) is 4.94. The number of rotatable bonds is 16.